The summed E-state index contributed by atoms with van der Waals surface area (Å²) in [7, 11) is 0. The van der Waals surface area contributed by atoms with Gasteiger partial charge in [0.2, 0.25) is 11.8 Å². The topological polar surface area (TPSA) is 162 Å². The molecule has 1 aliphatic heterocycles. The van der Waals surface area contributed by atoms with Crippen LogP contribution in [-0.4, -0.2) is 64.1 Å². The Morgan fingerprint density at radius 2 is 1.53 bits per heavy atom. The van der Waals surface area contributed by atoms with Gasteiger partial charge in [0.05, 0.1) is 12.6 Å². The van der Waals surface area contributed by atoms with Gasteiger partial charge in [0.25, 0.3) is 0 Å². The van der Waals surface area contributed by atoms with Crippen molar-refractivity contribution in [2.45, 2.75) is 57.0 Å². The maximum atomic E-state index is 13.9. The minimum Gasteiger partial charge on any atom is -0.508 e. The van der Waals surface area contributed by atoms with Crippen molar-refractivity contribution in [3.05, 3.63) is 102 Å². The van der Waals surface area contributed by atoms with E-state index in [9.17, 15) is 24.3 Å². The second kappa shape index (κ2) is 13.6. The number of phenolic OH excluding ortho intramolecular Hbond substituents is 1. The molecule has 11 nitrogen and oxygen atoms in total. The summed E-state index contributed by atoms with van der Waals surface area (Å²) in [5.41, 5.74) is 2.16. The van der Waals surface area contributed by atoms with Gasteiger partial charge in [0.15, 0.2) is 5.78 Å². The first-order valence-electron chi connectivity index (χ1n) is 14.7. The number of aromatic amines is 1. The number of alkyl carbamates (subject to hydrolysis) is 1. The Hall–Kier alpha value is -5.16. The van der Waals surface area contributed by atoms with Gasteiger partial charge in [-0.1, -0.05) is 60.7 Å². The fourth-order valence-corrected chi connectivity index (χ4v) is 5.00. The summed E-state index contributed by atoms with van der Waals surface area (Å²) < 4.78 is 10.6. The van der Waals surface area contributed by atoms with Gasteiger partial charge >= 0.3 is 6.09 Å². The zero-order chi connectivity index (χ0) is 32.0. The normalized spacial score (nSPS) is 17.5. The molecule has 4 aromatic rings. The maximum Gasteiger partial charge on any atom is 0.408 e. The first-order chi connectivity index (χ1) is 21.6. The van der Waals surface area contributed by atoms with E-state index in [1.165, 1.54) is 19.1 Å². The van der Waals surface area contributed by atoms with Gasteiger partial charge in [0, 0.05) is 23.5 Å². The van der Waals surface area contributed by atoms with E-state index in [0.717, 1.165) is 27.6 Å². The first kappa shape index (κ1) is 31.3. The molecule has 0 spiro atoms. The number of para-hydroxylation sites is 1. The van der Waals surface area contributed by atoms with E-state index in [0.29, 0.717) is 0 Å². The van der Waals surface area contributed by atoms with Crippen LogP contribution in [0.5, 0.6) is 5.75 Å². The number of hydrogen-bond acceptors (Lipinski definition) is 7. The number of phenols is 1. The molecule has 11 heteroatoms. The number of nitrogens with one attached hydrogen (secondary N) is 4. The van der Waals surface area contributed by atoms with Gasteiger partial charge in [-0.3, -0.25) is 14.4 Å². The summed E-state index contributed by atoms with van der Waals surface area (Å²) in [5, 5.41) is 18.7. The van der Waals surface area contributed by atoms with Crippen LogP contribution in [0.15, 0.2) is 85.1 Å². The average Bonchev–Trinajstić information content (AvgIpc) is 3.67. The number of H-pyrrole nitrogens is 1. The Labute approximate surface area is 260 Å². The van der Waals surface area contributed by atoms with Crippen LogP contribution in [0, 0.1) is 0 Å². The summed E-state index contributed by atoms with van der Waals surface area (Å²) in [5.74, 6) is -1.40. The predicted molar refractivity (Wildman–Crippen MR) is 166 cm³/mol. The van der Waals surface area contributed by atoms with Crippen LogP contribution in [0.2, 0.25) is 0 Å². The molecule has 1 fully saturated rings. The van der Waals surface area contributed by atoms with E-state index >= 15 is 0 Å². The highest BCUT2D eigenvalue weighted by atomic mass is 16.6. The van der Waals surface area contributed by atoms with Crippen LogP contribution in [0.3, 0.4) is 0 Å². The molecule has 0 bridgehead atoms. The maximum absolute atomic E-state index is 13.9. The lowest BCUT2D eigenvalue weighted by atomic mass is 9.94. The number of carbonyl (C=O) groups is 4. The van der Waals surface area contributed by atoms with Crippen molar-refractivity contribution in [2.75, 3.05) is 6.61 Å². The van der Waals surface area contributed by atoms with E-state index in [2.05, 4.69) is 20.9 Å². The van der Waals surface area contributed by atoms with Crippen molar-refractivity contribution in [3.8, 4) is 5.75 Å². The van der Waals surface area contributed by atoms with Crippen molar-refractivity contribution >= 4 is 34.6 Å². The molecule has 234 valence electrons. The van der Waals surface area contributed by atoms with E-state index in [-0.39, 0.29) is 37.6 Å². The number of benzene rings is 3. The standard InChI is InChI=1S/C34H36N4O7/c1-21(36-33(43)44-19-23-8-4-3-5-9-23)31(41)38-29(17-24-18-35-27-11-7-6-10-26(24)27)32(42)37-28(30(40)34(2)20-45-34)16-22-12-14-25(39)15-13-22/h3-15,18,21,28-29,35,39H,16-17,19-20H2,1-2H3,(H,36,43)(H,37,42)(H,38,41)/t21?,28-,29-,34+/m0/s1. The Bertz CT molecular complexity index is 1660. The van der Waals surface area contributed by atoms with Gasteiger partial charge in [-0.05, 0) is 55.2 Å². The average molecular weight is 613 g/mol. The molecule has 3 aromatic carbocycles. The molecule has 0 radical (unpaired) electrons. The lowest BCUT2D eigenvalue weighted by molar-refractivity contribution is -0.133. The van der Waals surface area contributed by atoms with Crippen molar-refractivity contribution < 1.29 is 33.8 Å². The summed E-state index contributed by atoms with van der Waals surface area (Å²) in [6.07, 6.45) is 1.26. The third kappa shape index (κ3) is 8.07. The lowest BCUT2D eigenvalue weighted by Crippen LogP contribution is -2.57. The molecule has 4 atom stereocenters. The highest BCUT2D eigenvalue weighted by Gasteiger charge is 2.50. The number of ether oxygens (including phenoxy) is 2. The zero-order valence-corrected chi connectivity index (χ0v) is 25.0. The van der Waals surface area contributed by atoms with E-state index in [1.807, 2.05) is 54.6 Å². The highest BCUT2D eigenvalue weighted by Crippen LogP contribution is 2.29. The number of Topliss-reactive ketones (excluding diaryl/α,β-unsaturated/α-hetero) is 1. The predicted octanol–water partition coefficient (Wildman–Crippen LogP) is 3.30. The molecule has 1 aromatic heterocycles. The fourth-order valence-electron chi connectivity index (χ4n) is 5.00. The van der Waals surface area contributed by atoms with Crippen molar-refractivity contribution in [2.24, 2.45) is 0 Å². The summed E-state index contributed by atoms with van der Waals surface area (Å²) in [6, 6.07) is 20.0. The van der Waals surface area contributed by atoms with Gasteiger partial charge in [-0.15, -0.1) is 0 Å². The number of hydrogen-bond donors (Lipinski definition) is 5. The third-order valence-electron chi connectivity index (χ3n) is 7.78. The van der Waals surface area contributed by atoms with Crippen LogP contribution in [0.4, 0.5) is 4.79 Å². The molecular weight excluding hydrogens is 576 g/mol. The first-order valence-corrected chi connectivity index (χ1v) is 14.7. The number of carbonyl (C=O) groups excluding carboxylic acids is 4. The number of epoxide rings is 1. The third-order valence-corrected chi connectivity index (χ3v) is 7.78. The SMILES string of the molecule is CC(NC(=O)OCc1ccccc1)C(=O)N[C@@H](Cc1c[nH]c2ccccc12)C(=O)N[C@@H](Cc1ccc(O)cc1)C(=O)[C@@]1(C)CO1. The van der Waals surface area contributed by atoms with Crippen LogP contribution < -0.4 is 16.0 Å². The molecule has 5 rings (SSSR count). The second-order valence-electron chi connectivity index (χ2n) is 11.4. The Morgan fingerprint density at radius 3 is 2.24 bits per heavy atom. The summed E-state index contributed by atoms with van der Waals surface area (Å²) in [4.78, 5) is 56.2. The summed E-state index contributed by atoms with van der Waals surface area (Å²) in [6.45, 7) is 3.43. The van der Waals surface area contributed by atoms with E-state index < -0.39 is 41.6 Å². The van der Waals surface area contributed by atoms with Crippen LogP contribution in [0.25, 0.3) is 10.9 Å². The van der Waals surface area contributed by atoms with Crippen molar-refractivity contribution in [1.82, 2.24) is 20.9 Å². The molecule has 2 heterocycles. The largest absolute Gasteiger partial charge is 0.508 e. The van der Waals surface area contributed by atoms with Crippen molar-refractivity contribution in [1.29, 1.82) is 0 Å². The number of rotatable bonds is 13. The molecule has 3 amide bonds. The number of fused-ring (bicyclic) bond motifs is 1. The molecule has 0 aliphatic carbocycles. The number of aromatic nitrogens is 1. The fraction of sp³-hybridized carbons (Fsp3) is 0.294. The van der Waals surface area contributed by atoms with Crippen LogP contribution in [0.1, 0.15) is 30.5 Å². The Balaban J connectivity index is 1.31. The summed E-state index contributed by atoms with van der Waals surface area (Å²) >= 11 is 0. The second-order valence-corrected chi connectivity index (χ2v) is 11.4. The quantitative estimate of drug-likeness (QED) is 0.145. The van der Waals surface area contributed by atoms with Crippen LogP contribution >= 0.6 is 0 Å². The molecule has 1 aliphatic rings. The Morgan fingerprint density at radius 1 is 0.867 bits per heavy atom. The van der Waals surface area contributed by atoms with Gasteiger partial charge in [-0.2, -0.15) is 0 Å². The molecular formula is C34H36N4O7. The van der Waals surface area contributed by atoms with E-state index in [4.69, 9.17) is 9.47 Å². The monoisotopic (exact) mass is 612 g/mol. The van der Waals surface area contributed by atoms with E-state index in [1.54, 1.807) is 25.3 Å². The number of aromatic hydroxyl groups is 1. The minimum absolute atomic E-state index is 0.0334. The molecule has 5 N–H and O–H groups in total. The van der Waals surface area contributed by atoms with Gasteiger partial charge in [-0.25, -0.2) is 4.79 Å². The smallest absolute Gasteiger partial charge is 0.408 e. The van der Waals surface area contributed by atoms with Crippen molar-refractivity contribution in [3.63, 3.8) is 0 Å². The van der Waals surface area contributed by atoms with Crippen LogP contribution in [-0.2, 0) is 43.3 Å². The minimum atomic E-state index is -1.09. The molecule has 1 saturated heterocycles. The molecule has 1 unspecified atom stereocenters. The highest BCUT2D eigenvalue weighted by molar-refractivity contribution is 5.98. The van der Waals surface area contributed by atoms with Gasteiger partial charge in [0.1, 0.15) is 30.0 Å². The molecule has 0 saturated carbocycles. The zero-order valence-electron chi connectivity index (χ0n) is 25.0. The Kier molecular flexibility index (Phi) is 9.48. The number of ketones is 1. The van der Waals surface area contributed by atoms with Gasteiger partial charge < -0.3 is 35.5 Å². The molecule has 45 heavy (non-hydrogen) atoms. The number of amides is 3. The lowest BCUT2D eigenvalue weighted by Gasteiger charge is -2.25.